The van der Waals surface area contributed by atoms with Crippen LogP contribution in [0.15, 0.2) is 30.3 Å². The Morgan fingerprint density at radius 3 is 2.83 bits per heavy atom. The van der Waals surface area contributed by atoms with Crippen LogP contribution in [0.1, 0.15) is 12.2 Å². The second-order valence-electron chi connectivity index (χ2n) is 4.63. The predicted molar refractivity (Wildman–Crippen MR) is 67.0 cm³/mol. The van der Waals surface area contributed by atoms with Crippen LogP contribution in [-0.2, 0) is 6.54 Å². The van der Waals surface area contributed by atoms with Gasteiger partial charge >= 0.3 is 0 Å². The lowest BCUT2D eigenvalue weighted by atomic mass is 10.3. The van der Waals surface area contributed by atoms with Crippen molar-refractivity contribution in [3.8, 4) is 5.69 Å². The molecular formula is C12H16N6. The largest absolute Gasteiger partial charge is 0.326 e. The summed E-state index contributed by atoms with van der Waals surface area (Å²) < 4.78 is 1.78. The van der Waals surface area contributed by atoms with Crippen LogP contribution in [0.25, 0.3) is 5.69 Å². The van der Waals surface area contributed by atoms with Gasteiger partial charge in [0, 0.05) is 19.1 Å². The molecule has 2 heterocycles. The molecule has 1 aromatic heterocycles. The monoisotopic (exact) mass is 244 g/mol. The predicted octanol–water partition coefficient (Wildman–Crippen LogP) is 0.195. The van der Waals surface area contributed by atoms with Crippen molar-refractivity contribution in [2.75, 3.05) is 13.1 Å². The highest BCUT2D eigenvalue weighted by Gasteiger charge is 2.21. The number of hydrogen-bond acceptors (Lipinski definition) is 5. The maximum atomic E-state index is 5.90. The fourth-order valence-corrected chi connectivity index (χ4v) is 2.28. The van der Waals surface area contributed by atoms with Gasteiger partial charge in [-0.25, -0.2) is 0 Å². The maximum absolute atomic E-state index is 5.90. The molecule has 18 heavy (non-hydrogen) atoms. The van der Waals surface area contributed by atoms with E-state index < -0.39 is 0 Å². The normalized spacial score (nSPS) is 20.4. The van der Waals surface area contributed by atoms with Gasteiger partial charge in [0.05, 0.1) is 12.2 Å². The zero-order valence-corrected chi connectivity index (χ0v) is 10.1. The van der Waals surface area contributed by atoms with Crippen molar-refractivity contribution < 1.29 is 0 Å². The summed E-state index contributed by atoms with van der Waals surface area (Å²) in [5.74, 6) is 0.857. The summed E-state index contributed by atoms with van der Waals surface area (Å²) in [6, 6.07) is 10.2. The summed E-state index contributed by atoms with van der Waals surface area (Å²) in [5, 5.41) is 11.9. The van der Waals surface area contributed by atoms with Crippen molar-refractivity contribution in [1.29, 1.82) is 0 Å². The van der Waals surface area contributed by atoms with E-state index in [-0.39, 0.29) is 6.04 Å². The molecular weight excluding hydrogens is 228 g/mol. The lowest BCUT2D eigenvalue weighted by molar-refractivity contribution is 0.315. The molecule has 0 aliphatic carbocycles. The van der Waals surface area contributed by atoms with E-state index >= 15 is 0 Å². The van der Waals surface area contributed by atoms with E-state index in [2.05, 4.69) is 20.4 Å². The zero-order valence-electron chi connectivity index (χ0n) is 10.1. The van der Waals surface area contributed by atoms with Crippen LogP contribution in [0.2, 0.25) is 0 Å². The van der Waals surface area contributed by atoms with Gasteiger partial charge in [-0.3, -0.25) is 4.90 Å². The van der Waals surface area contributed by atoms with Crippen molar-refractivity contribution in [2.24, 2.45) is 5.73 Å². The fourth-order valence-electron chi connectivity index (χ4n) is 2.28. The van der Waals surface area contributed by atoms with Crippen LogP contribution in [0.5, 0.6) is 0 Å². The molecule has 0 radical (unpaired) electrons. The number of hydrogen-bond donors (Lipinski definition) is 1. The Balaban J connectivity index is 1.80. The first-order valence-electron chi connectivity index (χ1n) is 6.13. The third-order valence-corrected chi connectivity index (χ3v) is 3.21. The number of rotatable bonds is 3. The zero-order chi connectivity index (χ0) is 12.4. The highest BCUT2D eigenvalue weighted by Crippen LogP contribution is 2.13. The van der Waals surface area contributed by atoms with E-state index in [1.165, 1.54) is 0 Å². The fraction of sp³-hybridized carbons (Fsp3) is 0.417. The van der Waals surface area contributed by atoms with Crippen LogP contribution in [0, 0.1) is 0 Å². The van der Waals surface area contributed by atoms with Gasteiger partial charge in [-0.2, -0.15) is 4.68 Å². The lowest BCUT2D eigenvalue weighted by Crippen LogP contribution is -2.27. The Morgan fingerprint density at radius 2 is 2.11 bits per heavy atom. The third kappa shape index (κ3) is 2.25. The van der Waals surface area contributed by atoms with Gasteiger partial charge in [-0.1, -0.05) is 18.2 Å². The van der Waals surface area contributed by atoms with Crippen molar-refractivity contribution in [1.82, 2.24) is 25.1 Å². The molecule has 1 atom stereocenters. The van der Waals surface area contributed by atoms with Gasteiger partial charge in [-0.05, 0) is 29.0 Å². The van der Waals surface area contributed by atoms with Gasteiger partial charge in [-0.15, -0.1) is 5.10 Å². The SMILES string of the molecule is N[C@@H]1CCN(Cc2nnnn2-c2ccccc2)C1. The second kappa shape index (κ2) is 4.83. The molecule has 1 aliphatic rings. The second-order valence-corrected chi connectivity index (χ2v) is 4.63. The number of tetrazole rings is 1. The highest BCUT2D eigenvalue weighted by molar-refractivity contribution is 5.30. The Bertz CT molecular complexity index is 508. The van der Waals surface area contributed by atoms with Gasteiger partial charge in [0.25, 0.3) is 0 Å². The quantitative estimate of drug-likeness (QED) is 0.834. The van der Waals surface area contributed by atoms with E-state index in [0.717, 1.165) is 37.6 Å². The number of likely N-dealkylation sites (tertiary alicyclic amines) is 1. The molecule has 6 heteroatoms. The molecule has 1 fully saturated rings. The van der Waals surface area contributed by atoms with Crippen molar-refractivity contribution in [3.05, 3.63) is 36.2 Å². The number of para-hydroxylation sites is 1. The lowest BCUT2D eigenvalue weighted by Gasteiger charge is -2.14. The van der Waals surface area contributed by atoms with Crippen molar-refractivity contribution in [2.45, 2.75) is 19.0 Å². The molecule has 94 valence electrons. The molecule has 6 nitrogen and oxygen atoms in total. The number of nitrogens with zero attached hydrogens (tertiary/aromatic N) is 5. The van der Waals surface area contributed by atoms with Gasteiger partial charge in [0.15, 0.2) is 5.82 Å². The molecule has 0 saturated carbocycles. The summed E-state index contributed by atoms with van der Waals surface area (Å²) in [7, 11) is 0. The minimum atomic E-state index is 0.283. The minimum Gasteiger partial charge on any atom is -0.326 e. The molecule has 2 N–H and O–H groups in total. The van der Waals surface area contributed by atoms with E-state index in [1.54, 1.807) is 4.68 Å². The number of nitrogens with two attached hydrogens (primary N) is 1. The van der Waals surface area contributed by atoms with Crippen LogP contribution in [-0.4, -0.2) is 44.2 Å². The summed E-state index contributed by atoms with van der Waals surface area (Å²) in [6.07, 6.45) is 1.05. The topological polar surface area (TPSA) is 72.9 Å². The highest BCUT2D eigenvalue weighted by atomic mass is 15.5. The van der Waals surface area contributed by atoms with Crippen LogP contribution < -0.4 is 5.73 Å². The van der Waals surface area contributed by atoms with Crippen molar-refractivity contribution >= 4 is 0 Å². The van der Waals surface area contributed by atoms with Gasteiger partial charge < -0.3 is 5.73 Å². The standard InChI is InChI=1S/C12H16N6/c13-10-6-7-17(8-10)9-12-14-15-16-18(12)11-4-2-1-3-5-11/h1-5,10H,6-9,13H2/t10-/m1/s1. The van der Waals surface area contributed by atoms with Crippen molar-refractivity contribution in [3.63, 3.8) is 0 Å². The first-order chi connectivity index (χ1) is 8.83. The minimum absolute atomic E-state index is 0.283. The molecule has 0 bridgehead atoms. The molecule has 0 unspecified atom stereocenters. The summed E-state index contributed by atoms with van der Waals surface area (Å²) in [4.78, 5) is 2.29. The maximum Gasteiger partial charge on any atom is 0.170 e. The molecule has 2 aromatic rings. The Morgan fingerprint density at radius 1 is 1.28 bits per heavy atom. The first-order valence-corrected chi connectivity index (χ1v) is 6.13. The van der Waals surface area contributed by atoms with Crippen LogP contribution >= 0.6 is 0 Å². The molecule has 0 amide bonds. The van der Waals surface area contributed by atoms with E-state index in [9.17, 15) is 0 Å². The van der Waals surface area contributed by atoms with Gasteiger partial charge in [0.1, 0.15) is 0 Å². The molecule has 3 rings (SSSR count). The molecule has 0 spiro atoms. The Hall–Kier alpha value is -1.79. The van der Waals surface area contributed by atoms with Crippen LogP contribution in [0.4, 0.5) is 0 Å². The third-order valence-electron chi connectivity index (χ3n) is 3.21. The first kappa shape index (κ1) is 11.3. The average Bonchev–Trinajstić information content (AvgIpc) is 3.00. The smallest absolute Gasteiger partial charge is 0.170 e. The van der Waals surface area contributed by atoms with Crippen LogP contribution in [0.3, 0.4) is 0 Å². The number of benzene rings is 1. The summed E-state index contributed by atoms with van der Waals surface area (Å²) in [6.45, 7) is 2.68. The molecule has 1 aromatic carbocycles. The summed E-state index contributed by atoms with van der Waals surface area (Å²) >= 11 is 0. The molecule has 1 saturated heterocycles. The Kier molecular flexibility index (Phi) is 3.04. The summed E-state index contributed by atoms with van der Waals surface area (Å²) in [5.41, 5.74) is 6.89. The van der Waals surface area contributed by atoms with E-state index in [0.29, 0.717) is 0 Å². The molecule has 1 aliphatic heterocycles. The van der Waals surface area contributed by atoms with E-state index in [1.807, 2.05) is 30.3 Å². The van der Waals surface area contributed by atoms with Gasteiger partial charge in [0.2, 0.25) is 0 Å². The van der Waals surface area contributed by atoms with E-state index in [4.69, 9.17) is 5.73 Å². The number of aromatic nitrogens is 4. The Labute approximate surface area is 105 Å². The average molecular weight is 244 g/mol.